The van der Waals surface area contributed by atoms with E-state index in [1.54, 1.807) is 0 Å². The minimum Gasteiger partial charge on any atom is -0.379 e. The van der Waals surface area contributed by atoms with Crippen molar-refractivity contribution in [1.82, 2.24) is 9.80 Å². The quantitative estimate of drug-likeness (QED) is 0.795. The Morgan fingerprint density at radius 3 is 2.78 bits per heavy atom. The Morgan fingerprint density at radius 1 is 1.06 bits per heavy atom. The lowest BCUT2D eigenvalue weighted by molar-refractivity contribution is 0.0327. The summed E-state index contributed by atoms with van der Waals surface area (Å²) in [6.45, 7) is 8.63. The topological polar surface area (TPSA) is 15.7 Å². The first-order valence-corrected chi connectivity index (χ1v) is 6.92. The number of nitrogens with zero attached hydrogens (tertiary/aromatic N) is 2. The van der Waals surface area contributed by atoms with Crippen LogP contribution in [0.3, 0.4) is 0 Å². The lowest BCUT2D eigenvalue weighted by atomic mass is 10.00. The number of ether oxygens (including phenoxy) is 1. The average molecular weight is 245 g/mol. The summed E-state index contributed by atoms with van der Waals surface area (Å²) in [5.41, 5.74) is 2.97. The van der Waals surface area contributed by atoms with Crippen molar-refractivity contribution in [2.24, 2.45) is 0 Å². The van der Waals surface area contributed by atoms with Crippen LogP contribution in [0.15, 0.2) is 18.2 Å². The van der Waals surface area contributed by atoms with E-state index >= 15 is 0 Å². The van der Waals surface area contributed by atoms with Gasteiger partial charge in [-0.3, -0.25) is 9.80 Å². The molecule has 2 aliphatic heterocycles. The summed E-state index contributed by atoms with van der Waals surface area (Å²) in [5, 5.41) is 0. The van der Waals surface area contributed by atoms with Crippen LogP contribution in [0.25, 0.3) is 0 Å². The van der Waals surface area contributed by atoms with Crippen molar-refractivity contribution in [2.75, 3.05) is 45.9 Å². The van der Waals surface area contributed by atoms with E-state index in [0.29, 0.717) is 0 Å². The summed E-state index contributed by atoms with van der Waals surface area (Å²) in [6, 6.07) is 9.59. The minimum absolute atomic E-state index is 0.901. The first-order chi connectivity index (χ1) is 8.92. The Bertz CT molecular complexity index is 388. The fraction of sp³-hybridized carbons (Fsp3) is 0.600. The molecule has 2 aliphatic rings. The number of hydrogen-bond donors (Lipinski definition) is 0. The molecule has 97 valence electrons. The summed E-state index contributed by atoms with van der Waals surface area (Å²) in [5.74, 6) is 0. The third-order valence-electron chi connectivity index (χ3n) is 3.98. The van der Waals surface area contributed by atoms with Crippen LogP contribution in [-0.2, 0) is 17.7 Å². The first-order valence-electron chi connectivity index (χ1n) is 6.92. The SMILES string of the molecule is [c]1ccc2c(c1)CN(CCN1CCOCC1)CC2. The molecule has 1 saturated heterocycles. The van der Waals surface area contributed by atoms with Gasteiger partial charge in [0.15, 0.2) is 0 Å². The Kier molecular flexibility index (Phi) is 3.93. The molecule has 1 radical (unpaired) electrons. The molecule has 0 bridgehead atoms. The van der Waals surface area contributed by atoms with Gasteiger partial charge in [-0.25, -0.2) is 0 Å². The summed E-state index contributed by atoms with van der Waals surface area (Å²) >= 11 is 0. The third kappa shape index (κ3) is 2.91. The summed E-state index contributed by atoms with van der Waals surface area (Å²) in [4.78, 5) is 5.07. The average Bonchev–Trinajstić information content (AvgIpc) is 2.46. The van der Waals surface area contributed by atoms with Crippen molar-refractivity contribution in [3.63, 3.8) is 0 Å². The smallest absolute Gasteiger partial charge is 0.0594 e. The highest BCUT2D eigenvalue weighted by atomic mass is 16.5. The van der Waals surface area contributed by atoms with Crippen molar-refractivity contribution < 1.29 is 4.74 Å². The maximum absolute atomic E-state index is 5.38. The Hall–Kier alpha value is -0.900. The van der Waals surface area contributed by atoms with Crippen LogP contribution in [0.4, 0.5) is 0 Å². The number of rotatable bonds is 3. The van der Waals surface area contributed by atoms with Crippen LogP contribution in [0.5, 0.6) is 0 Å². The third-order valence-corrected chi connectivity index (χ3v) is 3.98. The number of benzene rings is 1. The zero-order chi connectivity index (χ0) is 12.2. The molecule has 1 aromatic carbocycles. The van der Waals surface area contributed by atoms with Crippen LogP contribution in [0.2, 0.25) is 0 Å². The monoisotopic (exact) mass is 245 g/mol. The zero-order valence-corrected chi connectivity index (χ0v) is 10.9. The second-order valence-corrected chi connectivity index (χ2v) is 5.17. The van der Waals surface area contributed by atoms with Crippen LogP contribution in [0, 0.1) is 6.07 Å². The van der Waals surface area contributed by atoms with Crippen molar-refractivity contribution in [3.05, 3.63) is 35.4 Å². The predicted molar refractivity (Wildman–Crippen MR) is 71.5 cm³/mol. The van der Waals surface area contributed by atoms with Gasteiger partial charge in [0.1, 0.15) is 0 Å². The molecule has 3 rings (SSSR count). The van der Waals surface area contributed by atoms with E-state index in [-0.39, 0.29) is 0 Å². The normalized spacial score (nSPS) is 21.8. The fourth-order valence-electron chi connectivity index (χ4n) is 2.79. The second-order valence-electron chi connectivity index (χ2n) is 5.17. The lowest BCUT2D eigenvalue weighted by Gasteiger charge is -2.32. The first kappa shape index (κ1) is 12.2. The zero-order valence-electron chi connectivity index (χ0n) is 10.9. The highest BCUT2D eigenvalue weighted by Crippen LogP contribution is 2.17. The second kappa shape index (κ2) is 5.83. The van der Waals surface area contributed by atoms with E-state index < -0.39 is 0 Å². The largest absolute Gasteiger partial charge is 0.379 e. The van der Waals surface area contributed by atoms with Gasteiger partial charge in [-0.2, -0.15) is 0 Å². The molecule has 0 spiro atoms. The molecule has 0 N–H and O–H groups in total. The Labute approximate surface area is 109 Å². The van der Waals surface area contributed by atoms with Crippen molar-refractivity contribution in [1.29, 1.82) is 0 Å². The van der Waals surface area contributed by atoms with Gasteiger partial charge >= 0.3 is 0 Å². The fourth-order valence-corrected chi connectivity index (χ4v) is 2.79. The molecule has 3 nitrogen and oxygen atoms in total. The highest BCUT2D eigenvalue weighted by molar-refractivity contribution is 5.28. The number of morpholine rings is 1. The molecular formula is C15H21N2O. The van der Waals surface area contributed by atoms with Gasteiger partial charge in [0, 0.05) is 39.3 Å². The molecule has 0 saturated carbocycles. The molecule has 0 aliphatic carbocycles. The van der Waals surface area contributed by atoms with Crippen LogP contribution in [0.1, 0.15) is 11.1 Å². The maximum atomic E-state index is 5.38. The molecule has 2 heterocycles. The molecule has 1 fully saturated rings. The molecule has 0 atom stereocenters. The predicted octanol–water partition coefficient (Wildman–Crippen LogP) is 1.18. The van der Waals surface area contributed by atoms with Gasteiger partial charge < -0.3 is 4.74 Å². The summed E-state index contributed by atoms with van der Waals surface area (Å²) < 4.78 is 5.38. The van der Waals surface area contributed by atoms with E-state index in [0.717, 1.165) is 32.8 Å². The highest BCUT2D eigenvalue weighted by Gasteiger charge is 2.17. The van der Waals surface area contributed by atoms with Gasteiger partial charge in [0.25, 0.3) is 0 Å². The van der Waals surface area contributed by atoms with Gasteiger partial charge in [0.05, 0.1) is 13.2 Å². The van der Waals surface area contributed by atoms with Gasteiger partial charge in [-0.1, -0.05) is 12.1 Å². The Morgan fingerprint density at radius 2 is 1.89 bits per heavy atom. The molecule has 0 amide bonds. The standard InChI is InChI=1S/C15H21N2O/c1-2-4-15-13-17(6-5-14(15)3-1)8-7-16-9-11-18-12-10-16/h1,3-4H,5-13H2. The van der Waals surface area contributed by atoms with Crippen LogP contribution < -0.4 is 0 Å². The van der Waals surface area contributed by atoms with Crippen LogP contribution >= 0.6 is 0 Å². The van der Waals surface area contributed by atoms with E-state index in [9.17, 15) is 0 Å². The van der Waals surface area contributed by atoms with Gasteiger partial charge in [-0.15, -0.1) is 0 Å². The van der Waals surface area contributed by atoms with Crippen molar-refractivity contribution >= 4 is 0 Å². The lowest BCUT2D eigenvalue weighted by Crippen LogP contribution is -2.42. The minimum atomic E-state index is 0.901. The van der Waals surface area contributed by atoms with Gasteiger partial charge in [0.2, 0.25) is 0 Å². The number of fused-ring (bicyclic) bond motifs is 1. The van der Waals surface area contributed by atoms with E-state index in [1.165, 1.54) is 37.2 Å². The summed E-state index contributed by atoms with van der Waals surface area (Å²) in [7, 11) is 0. The van der Waals surface area contributed by atoms with Gasteiger partial charge in [-0.05, 0) is 29.7 Å². The van der Waals surface area contributed by atoms with E-state index in [2.05, 4.69) is 28.0 Å². The van der Waals surface area contributed by atoms with Crippen molar-refractivity contribution in [2.45, 2.75) is 13.0 Å². The van der Waals surface area contributed by atoms with E-state index in [1.807, 2.05) is 6.07 Å². The molecule has 0 unspecified atom stereocenters. The van der Waals surface area contributed by atoms with E-state index in [4.69, 9.17) is 4.74 Å². The summed E-state index contributed by atoms with van der Waals surface area (Å²) in [6.07, 6.45) is 1.19. The number of hydrogen-bond acceptors (Lipinski definition) is 3. The van der Waals surface area contributed by atoms with Crippen LogP contribution in [-0.4, -0.2) is 55.7 Å². The maximum Gasteiger partial charge on any atom is 0.0594 e. The Balaban J connectivity index is 1.50. The van der Waals surface area contributed by atoms with Crippen molar-refractivity contribution in [3.8, 4) is 0 Å². The molecular weight excluding hydrogens is 224 g/mol. The molecule has 3 heteroatoms. The molecule has 18 heavy (non-hydrogen) atoms. The molecule has 0 aromatic heterocycles. The molecule has 1 aromatic rings.